The Kier molecular flexibility index (Phi) is 6.18. The van der Waals surface area contributed by atoms with E-state index in [2.05, 4.69) is 34.6 Å². The highest BCUT2D eigenvalue weighted by molar-refractivity contribution is 5.81. The summed E-state index contributed by atoms with van der Waals surface area (Å²) in [6.45, 7) is 3.46. The summed E-state index contributed by atoms with van der Waals surface area (Å²) in [6, 6.07) is 9.17. The Bertz CT molecular complexity index is 1340. The van der Waals surface area contributed by atoms with E-state index in [9.17, 15) is 9.50 Å². The first-order valence-electron chi connectivity index (χ1n) is 12.7. The summed E-state index contributed by atoms with van der Waals surface area (Å²) >= 11 is 0. The van der Waals surface area contributed by atoms with E-state index in [1.807, 2.05) is 21.6 Å². The number of anilines is 1. The van der Waals surface area contributed by atoms with Gasteiger partial charge in [-0.25, -0.2) is 13.9 Å². The molecule has 8 nitrogen and oxygen atoms in total. The first-order valence-corrected chi connectivity index (χ1v) is 12.7. The summed E-state index contributed by atoms with van der Waals surface area (Å²) in [5.74, 6) is 0.647. The molecule has 9 heteroatoms. The second-order valence-electron chi connectivity index (χ2n) is 10.1. The van der Waals surface area contributed by atoms with E-state index >= 15 is 0 Å². The quantitative estimate of drug-likeness (QED) is 0.400. The average Bonchev–Trinajstić information content (AvgIpc) is 3.45. The van der Waals surface area contributed by atoms with Crippen molar-refractivity contribution in [2.24, 2.45) is 0 Å². The maximum Gasteiger partial charge on any atom is 0.241 e. The van der Waals surface area contributed by atoms with E-state index in [-0.39, 0.29) is 18.0 Å². The number of nitrogens with one attached hydrogen (secondary N) is 1. The van der Waals surface area contributed by atoms with Crippen molar-refractivity contribution in [3.8, 4) is 11.1 Å². The van der Waals surface area contributed by atoms with Crippen molar-refractivity contribution < 1.29 is 14.2 Å². The van der Waals surface area contributed by atoms with E-state index in [0.29, 0.717) is 31.1 Å². The van der Waals surface area contributed by atoms with Gasteiger partial charge in [-0.2, -0.15) is 5.10 Å². The number of hydrogen-bond acceptors (Lipinski definition) is 6. The predicted molar refractivity (Wildman–Crippen MR) is 134 cm³/mol. The van der Waals surface area contributed by atoms with Crippen LogP contribution in [0.5, 0.6) is 0 Å². The number of halogens is 1. The maximum atomic E-state index is 13.3. The lowest BCUT2D eigenvalue weighted by Crippen LogP contribution is -2.30. The number of nitrogens with zero attached hydrogens (tertiary/aromatic N) is 5. The SMILES string of the molecule is CC(Cc1ccc(F)cc1)Nc1ncc2c(-c3cnn(C4COC4)c3)cc(C3CCC(O)CC3)n2n1. The van der Waals surface area contributed by atoms with Crippen LogP contribution < -0.4 is 5.32 Å². The van der Waals surface area contributed by atoms with Gasteiger partial charge < -0.3 is 15.2 Å². The molecule has 0 spiro atoms. The standard InChI is InChI=1S/C27H31FN6O2/c1-17(10-18-2-6-21(28)7-3-18)31-27-29-13-26-24(20-12-30-33(14-20)22-15-36-16-22)11-25(34(26)32-27)19-4-8-23(35)9-5-19/h2-3,6-7,11-14,17,19,22-23,35H,4-5,8-10,15-16H2,1H3,(H,31,32). The lowest BCUT2D eigenvalue weighted by atomic mass is 9.85. The van der Waals surface area contributed by atoms with Crippen LogP contribution in [-0.4, -0.2) is 54.8 Å². The molecule has 1 saturated carbocycles. The molecule has 4 aromatic rings. The second-order valence-corrected chi connectivity index (χ2v) is 10.1. The number of aromatic nitrogens is 5. The molecule has 6 rings (SSSR count). The van der Waals surface area contributed by atoms with Gasteiger partial charge in [0.05, 0.1) is 43.3 Å². The summed E-state index contributed by atoms with van der Waals surface area (Å²) in [5, 5.41) is 22.9. The van der Waals surface area contributed by atoms with Crippen molar-refractivity contribution in [1.29, 1.82) is 0 Å². The third-order valence-electron chi connectivity index (χ3n) is 7.40. The molecular weight excluding hydrogens is 459 g/mol. The Morgan fingerprint density at radius 2 is 1.92 bits per heavy atom. The van der Waals surface area contributed by atoms with Crippen molar-refractivity contribution in [1.82, 2.24) is 24.4 Å². The van der Waals surface area contributed by atoms with Crippen LogP contribution in [0.25, 0.3) is 16.6 Å². The summed E-state index contributed by atoms with van der Waals surface area (Å²) in [4.78, 5) is 4.64. The molecule has 1 aromatic carbocycles. The summed E-state index contributed by atoms with van der Waals surface area (Å²) < 4.78 is 22.6. The van der Waals surface area contributed by atoms with Crippen molar-refractivity contribution in [2.45, 2.75) is 63.1 Å². The highest BCUT2D eigenvalue weighted by Crippen LogP contribution is 2.38. The fourth-order valence-corrected chi connectivity index (χ4v) is 5.27. The van der Waals surface area contributed by atoms with Crippen molar-refractivity contribution >= 4 is 11.5 Å². The van der Waals surface area contributed by atoms with Gasteiger partial charge in [0.1, 0.15) is 5.82 Å². The molecule has 2 fully saturated rings. The van der Waals surface area contributed by atoms with Crippen molar-refractivity contribution in [3.63, 3.8) is 0 Å². The van der Waals surface area contributed by atoms with Gasteiger partial charge in [0.25, 0.3) is 0 Å². The van der Waals surface area contributed by atoms with Crippen LogP contribution in [-0.2, 0) is 11.2 Å². The molecule has 0 bridgehead atoms. The molecule has 4 heterocycles. The molecule has 2 aliphatic rings. The van der Waals surface area contributed by atoms with E-state index in [1.165, 1.54) is 12.1 Å². The zero-order chi connectivity index (χ0) is 24.6. The molecule has 36 heavy (non-hydrogen) atoms. The van der Waals surface area contributed by atoms with Crippen LogP contribution in [0.1, 0.15) is 55.8 Å². The Labute approximate surface area is 209 Å². The number of aliphatic hydroxyl groups is 1. The molecule has 0 amide bonds. The topological polar surface area (TPSA) is 89.5 Å². The molecule has 1 atom stereocenters. The first kappa shape index (κ1) is 23.1. The highest BCUT2D eigenvalue weighted by atomic mass is 19.1. The van der Waals surface area contributed by atoms with Crippen LogP contribution >= 0.6 is 0 Å². The van der Waals surface area contributed by atoms with Crippen LogP contribution in [0.2, 0.25) is 0 Å². The zero-order valence-electron chi connectivity index (χ0n) is 20.3. The minimum Gasteiger partial charge on any atom is -0.393 e. The number of ether oxygens (including phenoxy) is 1. The van der Waals surface area contributed by atoms with Crippen LogP contribution in [0.4, 0.5) is 10.3 Å². The van der Waals surface area contributed by atoms with Gasteiger partial charge in [-0.05, 0) is 62.8 Å². The number of benzene rings is 1. The Morgan fingerprint density at radius 1 is 1.14 bits per heavy atom. The third-order valence-corrected chi connectivity index (χ3v) is 7.40. The predicted octanol–water partition coefficient (Wildman–Crippen LogP) is 4.36. The summed E-state index contributed by atoms with van der Waals surface area (Å²) in [6.07, 6.45) is 9.84. The minimum atomic E-state index is -0.231. The molecule has 1 aliphatic heterocycles. The van der Waals surface area contributed by atoms with Crippen LogP contribution in [0, 0.1) is 5.82 Å². The molecular formula is C27H31FN6O2. The maximum absolute atomic E-state index is 13.3. The lowest BCUT2D eigenvalue weighted by molar-refractivity contribution is -0.0286. The van der Waals surface area contributed by atoms with E-state index < -0.39 is 0 Å². The zero-order valence-corrected chi connectivity index (χ0v) is 20.3. The fourth-order valence-electron chi connectivity index (χ4n) is 5.27. The number of rotatable bonds is 7. The molecule has 2 N–H and O–H groups in total. The third kappa shape index (κ3) is 4.60. The van der Waals surface area contributed by atoms with Crippen molar-refractivity contribution in [3.05, 3.63) is 66.0 Å². The summed E-state index contributed by atoms with van der Waals surface area (Å²) in [5.41, 5.74) is 5.24. The van der Waals surface area contributed by atoms with Gasteiger partial charge in [0, 0.05) is 35.0 Å². The lowest BCUT2D eigenvalue weighted by Gasteiger charge is -2.25. The number of fused-ring (bicyclic) bond motifs is 1. The van der Waals surface area contributed by atoms with E-state index in [0.717, 1.165) is 60.0 Å². The molecule has 1 saturated heterocycles. The van der Waals surface area contributed by atoms with Crippen molar-refractivity contribution in [2.75, 3.05) is 18.5 Å². The molecule has 1 unspecified atom stereocenters. The minimum absolute atomic E-state index is 0.0687. The van der Waals surface area contributed by atoms with Gasteiger partial charge >= 0.3 is 0 Å². The van der Waals surface area contributed by atoms with Gasteiger partial charge in [-0.3, -0.25) is 4.68 Å². The van der Waals surface area contributed by atoms with Crippen LogP contribution in [0.3, 0.4) is 0 Å². The Morgan fingerprint density at radius 3 is 2.64 bits per heavy atom. The second kappa shape index (κ2) is 9.63. The van der Waals surface area contributed by atoms with Gasteiger partial charge in [0.15, 0.2) is 0 Å². The Balaban J connectivity index is 1.31. The van der Waals surface area contributed by atoms with E-state index in [1.54, 1.807) is 12.1 Å². The first-order chi connectivity index (χ1) is 17.5. The number of hydrogen-bond donors (Lipinski definition) is 2. The fraction of sp³-hybridized carbons (Fsp3) is 0.444. The molecule has 1 aliphatic carbocycles. The smallest absolute Gasteiger partial charge is 0.241 e. The molecule has 188 valence electrons. The largest absolute Gasteiger partial charge is 0.393 e. The van der Waals surface area contributed by atoms with Gasteiger partial charge in [-0.15, -0.1) is 5.10 Å². The molecule has 3 aromatic heterocycles. The normalized spacial score (nSPS) is 21.4. The van der Waals surface area contributed by atoms with E-state index in [4.69, 9.17) is 9.84 Å². The van der Waals surface area contributed by atoms with Crippen LogP contribution in [0.15, 0.2) is 48.9 Å². The Hall–Kier alpha value is -3.30. The van der Waals surface area contributed by atoms with Gasteiger partial charge in [-0.1, -0.05) is 12.1 Å². The summed E-state index contributed by atoms with van der Waals surface area (Å²) in [7, 11) is 0. The monoisotopic (exact) mass is 490 g/mol. The molecule has 0 radical (unpaired) electrons. The number of aliphatic hydroxyl groups excluding tert-OH is 1. The average molecular weight is 491 g/mol. The highest BCUT2D eigenvalue weighted by Gasteiger charge is 2.27. The van der Waals surface area contributed by atoms with Gasteiger partial charge in [0.2, 0.25) is 5.95 Å².